The summed E-state index contributed by atoms with van der Waals surface area (Å²) in [4.78, 5) is 22.5. The summed E-state index contributed by atoms with van der Waals surface area (Å²) >= 11 is 0. The van der Waals surface area contributed by atoms with E-state index in [1.54, 1.807) is 0 Å². The van der Waals surface area contributed by atoms with Crippen molar-refractivity contribution in [2.75, 3.05) is 19.0 Å². The van der Waals surface area contributed by atoms with E-state index in [9.17, 15) is 20.2 Å². The number of benzene rings is 2. The number of nitriles is 1. The number of hydrogen-bond donors (Lipinski definition) is 2. The number of carbonyl (C=O) groups excluding carboxylic acids is 1. The van der Waals surface area contributed by atoms with Gasteiger partial charge in [-0.05, 0) is 18.1 Å². The molecule has 0 aliphatic carbocycles. The largest absolute Gasteiger partial charge is 0.495 e. The van der Waals surface area contributed by atoms with E-state index in [2.05, 4.69) is 10.6 Å². The van der Waals surface area contributed by atoms with Gasteiger partial charge in [0, 0.05) is 24.9 Å². The van der Waals surface area contributed by atoms with Crippen LogP contribution in [0.5, 0.6) is 5.75 Å². The molecular formula is C19H18N4O4. The Morgan fingerprint density at radius 2 is 2.04 bits per heavy atom. The number of nitro groups is 1. The van der Waals surface area contributed by atoms with E-state index in [0.29, 0.717) is 18.7 Å². The van der Waals surface area contributed by atoms with Crippen LogP contribution in [0.2, 0.25) is 0 Å². The molecule has 0 radical (unpaired) electrons. The highest BCUT2D eigenvalue weighted by Gasteiger charge is 2.12. The van der Waals surface area contributed by atoms with Crippen LogP contribution < -0.4 is 15.4 Å². The lowest BCUT2D eigenvalue weighted by Gasteiger charge is -2.09. The maximum absolute atomic E-state index is 12.1. The fraction of sp³-hybridized carbons (Fsp3) is 0.158. The van der Waals surface area contributed by atoms with Crippen molar-refractivity contribution in [3.05, 3.63) is 76.0 Å². The van der Waals surface area contributed by atoms with Gasteiger partial charge in [-0.25, -0.2) is 0 Å². The van der Waals surface area contributed by atoms with Crippen LogP contribution in [-0.2, 0) is 11.2 Å². The Morgan fingerprint density at radius 1 is 1.30 bits per heavy atom. The molecule has 8 nitrogen and oxygen atoms in total. The normalized spacial score (nSPS) is 10.6. The van der Waals surface area contributed by atoms with E-state index < -0.39 is 10.8 Å². The third kappa shape index (κ3) is 5.57. The third-order valence-corrected chi connectivity index (χ3v) is 3.67. The molecule has 0 fully saturated rings. The molecule has 1 amide bonds. The molecule has 0 saturated heterocycles. The quantitative estimate of drug-likeness (QED) is 0.321. The maximum Gasteiger partial charge on any atom is 0.271 e. The molecule has 0 unspecified atom stereocenters. The first-order valence-corrected chi connectivity index (χ1v) is 8.06. The van der Waals surface area contributed by atoms with Crippen LogP contribution >= 0.6 is 0 Å². The number of ether oxygens (including phenoxy) is 1. The van der Waals surface area contributed by atoms with Gasteiger partial charge in [-0.2, -0.15) is 5.26 Å². The summed E-state index contributed by atoms with van der Waals surface area (Å²) in [5, 5.41) is 25.5. The highest BCUT2D eigenvalue weighted by molar-refractivity contribution is 5.97. The lowest BCUT2D eigenvalue weighted by Crippen LogP contribution is -2.27. The molecule has 0 atom stereocenters. The van der Waals surface area contributed by atoms with Crippen LogP contribution in [0.1, 0.15) is 5.56 Å². The van der Waals surface area contributed by atoms with Crippen LogP contribution in [-0.4, -0.2) is 24.5 Å². The number of methoxy groups -OCH3 is 1. The van der Waals surface area contributed by atoms with Crippen molar-refractivity contribution >= 4 is 17.3 Å². The SMILES string of the molecule is COc1ccc([N+](=O)[O-])cc1N/C=C(/C#N)C(=O)NCCc1ccccc1. The molecule has 0 saturated carbocycles. The monoisotopic (exact) mass is 366 g/mol. The molecule has 27 heavy (non-hydrogen) atoms. The summed E-state index contributed by atoms with van der Waals surface area (Å²) in [5.74, 6) is -0.191. The molecular weight excluding hydrogens is 348 g/mol. The highest BCUT2D eigenvalue weighted by atomic mass is 16.6. The number of carbonyl (C=O) groups is 1. The Kier molecular flexibility index (Phi) is 6.91. The van der Waals surface area contributed by atoms with Crippen LogP contribution in [0.15, 0.2) is 60.3 Å². The molecule has 138 valence electrons. The highest BCUT2D eigenvalue weighted by Crippen LogP contribution is 2.28. The summed E-state index contributed by atoms with van der Waals surface area (Å²) in [5.41, 5.74) is 1.05. The molecule has 2 aromatic carbocycles. The zero-order chi connectivity index (χ0) is 19.6. The molecule has 2 rings (SSSR count). The van der Waals surface area contributed by atoms with Gasteiger partial charge in [0.05, 0.1) is 17.7 Å². The summed E-state index contributed by atoms with van der Waals surface area (Å²) in [7, 11) is 1.41. The van der Waals surface area contributed by atoms with Gasteiger partial charge in [0.2, 0.25) is 0 Å². The average Bonchev–Trinajstić information content (AvgIpc) is 2.69. The summed E-state index contributed by atoms with van der Waals surface area (Å²) in [6.07, 6.45) is 1.83. The predicted molar refractivity (Wildman–Crippen MR) is 100 cm³/mol. The minimum atomic E-state index is -0.546. The fourth-order valence-corrected chi connectivity index (χ4v) is 2.28. The second-order valence-electron chi connectivity index (χ2n) is 5.45. The number of nitrogens with one attached hydrogen (secondary N) is 2. The topological polar surface area (TPSA) is 117 Å². The number of amides is 1. The van der Waals surface area contributed by atoms with Crippen molar-refractivity contribution in [3.8, 4) is 11.8 Å². The van der Waals surface area contributed by atoms with Gasteiger partial charge < -0.3 is 15.4 Å². The van der Waals surface area contributed by atoms with Crippen molar-refractivity contribution in [1.29, 1.82) is 5.26 Å². The molecule has 2 aromatic rings. The Hall–Kier alpha value is -3.86. The van der Waals surface area contributed by atoms with Crippen molar-refractivity contribution in [3.63, 3.8) is 0 Å². The number of anilines is 1. The third-order valence-electron chi connectivity index (χ3n) is 3.67. The van der Waals surface area contributed by atoms with Gasteiger partial charge >= 0.3 is 0 Å². The summed E-state index contributed by atoms with van der Waals surface area (Å²) in [6.45, 7) is 0.377. The maximum atomic E-state index is 12.1. The molecule has 0 aliphatic rings. The molecule has 0 bridgehead atoms. The van der Waals surface area contributed by atoms with Crippen LogP contribution in [0.25, 0.3) is 0 Å². The fourth-order valence-electron chi connectivity index (χ4n) is 2.28. The van der Waals surface area contributed by atoms with E-state index in [4.69, 9.17) is 4.74 Å². The van der Waals surface area contributed by atoms with Crippen molar-refractivity contribution in [2.45, 2.75) is 6.42 Å². The van der Waals surface area contributed by atoms with Gasteiger partial charge in [0.1, 0.15) is 17.4 Å². The minimum absolute atomic E-state index is 0.141. The van der Waals surface area contributed by atoms with E-state index in [0.717, 1.165) is 5.56 Å². The van der Waals surface area contributed by atoms with Gasteiger partial charge in [-0.3, -0.25) is 14.9 Å². The zero-order valence-corrected chi connectivity index (χ0v) is 14.6. The van der Waals surface area contributed by atoms with Gasteiger partial charge in [-0.15, -0.1) is 0 Å². The Balaban J connectivity index is 2.03. The first-order valence-electron chi connectivity index (χ1n) is 8.06. The first-order chi connectivity index (χ1) is 13.0. The number of nitrogens with zero attached hydrogens (tertiary/aromatic N) is 2. The van der Waals surface area contributed by atoms with Gasteiger partial charge in [0.15, 0.2) is 0 Å². The minimum Gasteiger partial charge on any atom is -0.495 e. The number of hydrogen-bond acceptors (Lipinski definition) is 6. The summed E-state index contributed by atoms with van der Waals surface area (Å²) in [6, 6.07) is 15.4. The molecule has 0 spiro atoms. The second kappa shape index (κ2) is 9.58. The average molecular weight is 366 g/mol. The zero-order valence-electron chi connectivity index (χ0n) is 14.6. The molecule has 2 N–H and O–H groups in total. The number of nitro benzene ring substituents is 1. The number of rotatable bonds is 8. The molecule has 0 aromatic heterocycles. The van der Waals surface area contributed by atoms with E-state index >= 15 is 0 Å². The van der Waals surface area contributed by atoms with Crippen molar-refractivity contribution in [2.24, 2.45) is 0 Å². The molecule has 0 heterocycles. The Bertz CT molecular complexity index is 888. The van der Waals surface area contributed by atoms with E-state index in [1.165, 1.54) is 31.5 Å². The van der Waals surface area contributed by atoms with Crippen LogP contribution in [0.3, 0.4) is 0 Å². The van der Waals surface area contributed by atoms with Crippen molar-refractivity contribution < 1.29 is 14.5 Å². The Labute approximate surface area is 156 Å². The van der Waals surface area contributed by atoms with Crippen LogP contribution in [0, 0.1) is 21.4 Å². The van der Waals surface area contributed by atoms with Gasteiger partial charge in [0.25, 0.3) is 11.6 Å². The van der Waals surface area contributed by atoms with Gasteiger partial charge in [-0.1, -0.05) is 30.3 Å². The second-order valence-corrected chi connectivity index (χ2v) is 5.45. The van der Waals surface area contributed by atoms with E-state index in [-0.39, 0.29) is 16.9 Å². The predicted octanol–water partition coefficient (Wildman–Crippen LogP) is 2.78. The number of non-ortho nitro benzene ring substituents is 1. The lowest BCUT2D eigenvalue weighted by atomic mass is 10.1. The lowest BCUT2D eigenvalue weighted by molar-refractivity contribution is -0.384. The molecule has 8 heteroatoms. The van der Waals surface area contributed by atoms with Crippen molar-refractivity contribution in [1.82, 2.24) is 5.32 Å². The first kappa shape index (κ1) is 19.5. The van der Waals surface area contributed by atoms with Crippen LogP contribution in [0.4, 0.5) is 11.4 Å². The standard InChI is InChI=1S/C19H18N4O4/c1-27-18-8-7-16(23(25)26)11-17(18)22-13-15(12-20)19(24)21-10-9-14-5-3-2-4-6-14/h2-8,11,13,22H,9-10H2,1H3,(H,21,24)/b15-13-. The van der Waals surface area contributed by atoms with E-state index in [1.807, 2.05) is 36.4 Å². The Morgan fingerprint density at radius 3 is 2.67 bits per heavy atom. The smallest absolute Gasteiger partial charge is 0.271 e. The summed E-state index contributed by atoms with van der Waals surface area (Å²) < 4.78 is 5.12. The molecule has 0 aliphatic heterocycles.